The Balaban J connectivity index is 2.84. The number of nitrogens with zero attached hydrogens (tertiary/aromatic N) is 1. The summed E-state index contributed by atoms with van der Waals surface area (Å²) >= 11 is 0. The third-order valence-electron chi connectivity index (χ3n) is 2.70. The van der Waals surface area contributed by atoms with Crippen molar-refractivity contribution < 1.29 is 14.7 Å². The van der Waals surface area contributed by atoms with Crippen molar-refractivity contribution in [2.45, 2.75) is 25.3 Å². The summed E-state index contributed by atoms with van der Waals surface area (Å²) in [7, 11) is 1.51. The summed E-state index contributed by atoms with van der Waals surface area (Å²) in [4.78, 5) is 22.6. The van der Waals surface area contributed by atoms with Crippen LogP contribution < -0.4 is 0 Å². The van der Waals surface area contributed by atoms with Gasteiger partial charge in [0.2, 0.25) is 6.41 Å². The van der Waals surface area contributed by atoms with E-state index in [4.69, 9.17) is 5.11 Å². The third kappa shape index (κ3) is 1.17. The quantitative estimate of drug-likeness (QED) is 0.620. The maximum absolute atomic E-state index is 10.9. The Morgan fingerprint density at radius 1 is 1.67 bits per heavy atom. The molecule has 1 N–H and O–H groups in total. The zero-order valence-electron chi connectivity index (χ0n) is 7.28. The molecule has 4 nitrogen and oxygen atoms in total. The van der Waals surface area contributed by atoms with Gasteiger partial charge in [0.15, 0.2) is 0 Å². The van der Waals surface area contributed by atoms with E-state index in [1.54, 1.807) is 6.92 Å². The molecule has 1 aliphatic rings. The van der Waals surface area contributed by atoms with Gasteiger partial charge in [0.05, 0.1) is 0 Å². The highest BCUT2D eigenvalue weighted by Crippen LogP contribution is 2.42. The van der Waals surface area contributed by atoms with Gasteiger partial charge in [-0.1, -0.05) is 0 Å². The molecule has 1 unspecified atom stereocenters. The molecule has 1 amide bonds. The normalized spacial score (nSPS) is 21.2. The predicted molar refractivity (Wildman–Crippen MR) is 42.6 cm³/mol. The average Bonchev–Trinajstić information content (AvgIpc) is 2.83. The zero-order chi connectivity index (χ0) is 9.35. The van der Waals surface area contributed by atoms with E-state index >= 15 is 0 Å². The Bertz CT molecular complexity index is 212. The Morgan fingerprint density at radius 3 is 2.42 bits per heavy atom. The van der Waals surface area contributed by atoms with Gasteiger partial charge in [-0.25, -0.2) is 4.79 Å². The van der Waals surface area contributed by atoms with Crippen molar-refractivity contribution >= 4 is 12.4 Å². The van der Waals surface area contributed by atoms with E-state index < -0.39 is 11.5 Å². The van der Waals surface area contributed by atoms with Crippen LogP contribution >= 0.6 is 0 Å². The first kappa shape index (κ1) is 9.03. The number of hydrogen-bond acceptors (Lipinski definition) is 2. The molecule has 68 valence electrons. The second-order valence-corrected chi connectivity index (χ2v) is 3.44. The molecule has 0 aliphatic heterocycles. The van der Waals surface area contributed by atoms with Crippen LogP contribution in [0.15, 0.2) is 0 Å². The maximum Gasteiger partial charge on any atom is 0.329 e. The van der Waals surface area contributed by atoms with Crippen molar-refractivity contribution in [3.05, 3.63) is 0 Å². The van der Waals surface area contributed by atoms with E-state index in [1.807, 2.05) is 0 Å². The summed E-state index contributed by atoms with van der Waals surface area (Å²) in [5, 5.41) is 8.94. The highest BCUT2D eigenvalue weighted by Gasteiger charge is 2.50. The summed E-state index contributed by atoms with van der Waals surface area (Å²) in [5.74, 6) is -0.787. The molecule has 1 fully saturated rings. The van der Waals surface area contributed by atoms with E-state index in [9.17, 15) is 9.59 Å². The van der Waals surface area contributed by atoms with Gasteiger partial charge in [0, 0.05) is 7.05 Å². The molecule has 1 saturated carbocycles. The lowest BCUT2D eigenvalue weighted by Gasteiger charge is -2.32. The minimum absolute atomic E-state index is 0.130. The van der Waals surface area contributed by atoms with Crippen LogP contribution in [0.2, 0.25) is 0 Å². The van der Waals surface area contributed by atoms with Gasteiger partial charge in [-0.05, 0) is 25.7 Å². The monoisotopic (exact) mass is 171 g/mol. The summed E-state index contributed by atoms with van der Waals surface area (Å²) in [5.41, 5.74) is -0.998. The van der Waals surface area contributed by atoms with Crippen LogP contribution in [0, 0.1) is 5.92 Å². The number of carbonyl (C=O) groups is 2. The van der Waals surface area contributed by atoms with Gasteiger partial charge < -0.3 is 10.0 Å². The number of rotatable bonds is 4. The fraction of sp³-hybridized carbons (Fsp3) is 0.750. The zero-order valence-corrected chi connectivity index (χ0v) is 7.28. The van der Waals surface area contributed by atoms with E-state index in [2.05, 4.69) is 0 Å². The molecule has 1 rings (SSSR count). The third-order valence-corrected chi connectivity index (χ3v) is 2.70. The summed E-state index contributed by atoms with van der Waals surface area (Å²) in [6.07, 6.45) is 2.38. The molecular formula is C8H13NO3. The van der Waals surface area contributed by atoms with Crippen molar-refractivity contribution in [3.8, 4) is 0 Å². The molecular weight excluding hydrogens is 158 g/mol. The van der Waals surface area contributed by atoms with Gasteiger partial charge in [-0.3, -0.25) is 4.79 Å². The van der Waals surface area contributed by atoms with Crippen LogP contribution in [0.5, 0.6) is 0 Å². The van der Waals surface area contributed by atoms with Gasteiger partial charge in [-0.15, -0.1) is 0 Å². The molecule has 12 heavy (non-hydrogen) atoms. The smallest absolute Gasteiger partial charge is 0.329 e. The first-order valence-electron chi connectivity index (χ1n) is 3.95. The summed E-state index contributed by atoms with van der Waals surface area (Å²) in [6.45, 7) is 1.60. The fourth-order valence-electron chi connectivity index (χ4n) is 1.37. The Labute approximate surface area is 71.2 Å². The van der Waals surface area contributed by atoms with Crippen molar-refractivity contribution in [3.63, 3.8) is 0 Å². The molecule has 1 aliphatic carbocycles. The van der Waals surface area contributed by atoms with E-state index in [1.165, 1.54) is 11.9 Å². The predicted octanol–water partition coefficient (Wildman–Crippen LogP) is 0.328. The number of amides is 1. The Morgan fingerprint density at radius 2 is 2.17 bits per heavy atom. The summed E-state index contributed by atoms with van der Waals surface area (Å²) in [6, 6.07) is 0. The van der Waals surface area contributed by atoms with Crippen molar-refractivity contribution in [2.75, 3.05) is 7.05 Å². The van der Waals surface area contributed by atoms with Gasteiger partial charge in [-0.2, -0.15) is 0 Å². The van der Waals surface area contributed by atoms with Crippen LogP contribution in [0.25, 0.3) is 0 Å². The topological polar surface area (TPSA) is 57.6 Å². The second-order valence-electron chi connectivity index (χ2n) is 3.44. The van der Waals surface area contributed by atoms with E-state index in [-0.39, 0.29) is 5.92 Å². The molecule has 4 heteroatoms. The van der Waals surface area contributed by atoms with Crippen LogP contribution in [-0.4, -0.2) is 35.0 Å². The lowest BCUT2D eigenvalue weighted by molar-refractivity contribution is -0.154. The Hall–Kier alpha value is -1.06. The van der Waals surface area contributed by atoms with Crippen LogP contribution in [0.1, 0.15) is 19.8 Å². The molecule has 0 spiro atoms. The maximum atomic E-state index is 10.9. The van der Waals surface area contributed by atoms with Gasteiger partial charge in [0.1, 0.15) is 5.54 Å². The number of carboxylic acids is 1. The number of carboxylic acid groups (broad SMARTS) is 1. The standard InChI is InChI=1S/C8H13NO3/c1-8(7(11)12,6-3-4-6)9(2)5-10/h5-6H,3-4H2,1-2H3,(H,11,12). The van der Waals surface area contributed by atoms with Crippen LogP contribution in [0.3, 0.4) is 0 Å². The fourth-order valence-corrected chi connectivity index (χ4v) is 1.37. The number of likely N-dealkylation sites (N-methyl/N-ethyl adjacent to an activating group) is 1. The summed E-state index contributed by atoms with van der Waals surface area (Å²) < 4.78 is 0. The molecule has 0 saturated heterocycles. The average molecular weight is 171 g/mol. The molecule has 0 bridgehead atoms. The van der Waals surface area contributed by atoms with Crippen LogP contribution in [0.4, 0.5) is 0 Å². The van der Waals surface area contributed by atoms with Crippen LogP contribution in [-0.2, 0) is 9.59 Å². The molecule has 0 heterocycles. The van der Waals surface area contributed by atoms with Gasteiger partial charge in [0.25, 0.3) is 0 Å². The molecule has 0 aromatic heterocycles. The Kier molecular flexibility index (Phi) is 2.08. The number of hydrogen-bond donors (Lipinski definition) is 1. The van der Waals surface area contributed by atoms with Gasteiger partial charge >= 0.3 is 5.97 Å². The largest absolute Gasteiger partial charge is 0.479 e. The molecule has 1 atom stereocenters. The lowest BCUT2D eigenvalue weighted by Crippen LogP contribution is -2.51. The van der Waals surface area contributed by atoms with Crippen molar-refractivity contribution in [2.24, 2.45) is 5.92 Å². The number of carbonyl (C=O) groups excluding carboxylic acids is 1. The minimum Gasteiger partial charge on any atom is -0.479 e. The minimum atomic E-state index is -0.998. The second kappa shape index (κ2) is 2.77. The van der Waals surface area contributed by atoms with Crippen molar-refractivity contribution in [1.29, 1.82) is 0 Å². The first-order valence-corrected chi connectivity index (χ1v) is 3.95. The van der Waals surface area contributed by atoms with Crippen molar-refractivity contribution in [1.82, 2.24) is 4.90 Å². The SMILES string of the molecule is CN(C=O)C(C)(C(=O)O)C1CC1. The highest BCUT2D eigenvalue weighted by molar-refractivity contribution is 5.81. The molecule has 0 aromatic rings. The lowest BCUT2D eigenvalue weighted by atomic mass is 9.95. The number of aliphatic carboxylic acids is 1. The molecule has 0 aromatic carbocycles. The molecule has 0 radical (unpaired) electrons. The van der Waals surface area contributed by atoms with E-state index in [0.29, 0.717) is 6.41 Å². The van der Waals surface area contributed by atoms with E-state index in [0.717, 1.165) is 12.8 Å². The first-order chi connectivity index (χ1) is 5.53. The highest BCUT2D eigenvalue weighted by atomic mass is 16.4.